The largest absolute Gasteiger partial charge is 0.300 e. The third-order valence-corrected chi connectivity index (χ3v) is 4.65. The Hall–Kier alpha value is 1.70. The molecule has 0 aromatic heterocycles. The molecule has 0 aromatic carbocycles. The van der Waals surface area contributed by atoms with Gasteiger partial charge in [-0.2, -0.15) is 0 Å². The first-order chi connectivity index (χ1) is 5.06. The van der Waals surface area contributed by atoms with E-state index in [0.717, 1.165) is 0 Å². The van der Waals surface area contributed by atoms with Crippen LogP contribution in [-0.2, 0) is 4.79 Å². The van der Waals surface area contributed by atoms with Gasteiger partial charge in [-0.1, -0.05) is 81.2 Å². The van der Waals surface area contributed by atoms with Crippen molar-refractivity contribution in [3.8, 4) is 0 Å². The predicted octanol–water partition coefficient (Wildman–Crippen LogP) is 3.90. The van der Waals surface area contributed by atoms with Crippen LogP contribution >= 0.6 is 81.2 Å². The van der Waals surface area contributed by atoms with Crippen LogP contribution in [0.4, 0.5) is 0 Å². The fourth-order valence-electron chi connectivity index (χ4n) is 0.263. The molecule has 0 heterocycles. The maximum Gasteiger partial charge on any atom is 0.226 e. The molecule has 0 aliphatic carbocycles. The quantitative estimate of drug-likeness (QED) is 0.558. The van der Waals surface area contributed by atoms with Crippen LogP contribution in [-0.4, -0.2) is 18.7 Å². The van der Waals surface area contributed by atoms with Crippen molar-refractivity contribution in [3.05, 3.63) is 0 Å². The molecule has 0 aromatic rings. The Morgan fingerprint density at radius 3 is 1.25 bits per heavy atom. The van der Waals surface area contributed by atoms with Crippen molar-refractivity contribution in [2.45, 2.75) is 12.5 Å². The van der Waals surface area contributed by atoms with Crippen LogP contribution in [0, 0.1) is 0 Å². The lowest BCUT2D eigenvalue weighted by molar-refractivity contribution is -0.108. The monoisotopic (exact) mass is 310 g/mol. The van der Waals surface area contributed by atoms with E-state index < -0.39 is 12.5 Å². The minimum absolute atomic E-state index is 0.0814. The van der Waals surface area contributed by atoms with Gasteiger partial charge < -0.3 is 0 Å². The molecule has 0 unspecified atom stereocenters. The summed E-state index contributed by atoms with van der Waals surface area (Å²) < 4.78 is -6.56. The summed E-state index contributed by atoms with van der Waals surface area (Å²) in [6.07, 6.45) is 0.0814. The molecule has 0 aliphatic heterocycles. The lowest BCUT2D eigenvalue weighted by Crippen LogP contribution is -2.47. The lowest BCUT2D eigenvalue weighted by atomic mass is 10.3. The third-order valence-electron chi connectivity index (χ3n) is 0.923. The number of hydrogen-bond acceptors (Lipinski definition) is 1. The van der Waals surface area contributed by atoms with Gasteiger partial charge in [0.1, 0.15) is 0 Å². The second kappa shape index (κ2) is 4.06. The molecule has 0 saturated heterocycles. The molecule has 0 aliphatic rings. The molecular formula is C4HCl7O. The summed E-state index contributed by atoms with van der Waals surface area (Å²) in [5.74, 6) is 0. The van der Waals surface area contributed by atoms with E-state index in [0.29, 0.717) is 0 Å². The average Bonchev–Trinajstić information content (AvgIpc) is 1.85. The Kier molecular flexibility index (Phi) is 4.63. The number of alkyl halides is 7. The first kappa shape index (κ1) is 13.7. The number of aldehydes is 1. The van der Waals surface area contributed by atoms with E-state index >= 15 is 0 Å². The van der Waals surface area contributed by atoms with Crippen molar-refractivity contribution < 1.29 is 4.79 Å². The molecule has 8 heteroatoms. The van der Waals surface area contributed by atoms with Crippen LogP contribution < -0.4 is 0 Å². The molecule has 0 atom stereocenters. The van der Waals surface area contributed by atoms with Crippen LogP contribution in [0.25, 0.3) is 0 Å². The summed E-state index contributed by atoms with van der Waals surface area (Å²) in [6.45, 7) is 0. The zero-order valence-corrected chi connectivity index (χ0v) is 10.4. The standard InChI is InChI=1S/C4HCl7O/c5-2(6,1-12)3(7,8)4(9,10)11/h1H. The van der Waals surface area contributed by atoms with Crippen LogP contribution in [0.3, 0.4) is 0 Å². The first-order valence-electron chi connectivity index (χ1n) is 2.35. The van der Waals surface area contributed by atoms with Gasteiger partial charge in [-0.15, -0.1) is 0 Å². The van der Waals surface area contributed by atoms with E-state index in [9.17, 15) is 4.79 Å². The molecule has 0 saturated carbocycles. The smallest absolute Gasteiger partial charge is 0.226 e. The molecule has 0 spiro atoms. The van der Waals surface area contributed by atoms with Crippen molar-refractivity contribution in [2.75, 3.05) is 0 Å². The van der Waals surface area contributed by atoms with Crippen LogP contribution in [0.2, 0.25) is 0 Å². The third kappa shape index (κ3) is 2.60. The molecule has 0 N–H and O–H groups in total. The van der Waals surface area contributed by atoms with Crippen molar-refractivity contribution >= 4 is 87.5 Å². The van der Waals surface area contributed by atoms with E-state index in [1.807, 2.05) is 0 Å². The van der Waals surface area contributed by atoms with E-state index in [4.69, 9.17) is 81.2 Å². The van der Waals surface area contributed by atoms with E-state index in [1.54, 1.807) is 0 Å². The summed E-state index contributed by atoms with van der Waals surface area (Å²) in [7, 11) is 0. The van der Waals surface area contributed by atoms with E-state index in [1.165, 1.54) is 0 Å². The predicted molar refractivity (Wildman–Crippen MR) is 55.2 cm³/mol. The van der Waals surface area contributed by atoms with Crippen molar-refractivity contribution in [3.63, 3.8) is 0 Å². The number of halogens is 7. The number of carbonyl (C=O) groups is 1. The van der Waals surface area contributed by atoms with Gasteiger partial charge in [0, 0.05) is 0 Å². The molecule has 0 fully saturated rings. The second-order valence-electron chi connectivity index (χ2n) is 1.81. The van der Waals surface area contributed by atoms with Crippen LogP contribution in [0.15, 0.2) is 0 Å². The highest BCUT2D eigenvalue weighted by atomic mass is 35.6. The molecular weight excluding hydrogens is 312 g/mol. The van der Waals surface area contributed by atoms with Gasteiger partial charge in [-0.25, -0.2) is 0 Å². The highest BCUT2D eigenvalue weighted by molar-refractivity contribution is 6.80. The average molecular weight is 313 g/mol. The molecule has 12 heavy (non-hydrogen) atoms. The highest BCUT2D eigenvalue weighted by Crippen LogP contribution is 2.55. The van der Waals surface area contributed by atoms with Gasteiger partial charge in [0.2, 0.25) is 12.5 Å². The highest BCUT2D eigenvalue weighted by Gasteiger charge is 2.60. The van der Waals surface area contributed by atoms with Crippen LogP contribution in [0.1, 0.15) is 0 Å². The minimum Gasteiger partial charge on any atom is -0.300 e. The Balaban J connectivity index is 4.97. The maximum absolute atomic E-state index is 10.3. The van der Waals surface area contributed by atoms with Gasteiger partial charge in [0.15, 0.2) is 6.29 Å². The lowest BCUT2D eigenvalue weighted by Gasteiger charge is -2.33. The summed E-state index contributed by atoms with van der Waals surface area (Å²) in [5.41, 5.74) is 0. The number of carbonyl (C=O) groups excluding carboxylic acids is 1. The number of rotatable bonds is 2. The molecule has 1 nitrogen and oxygen atoms in total. The van der Waals surface area contributed by atoms with E-state index in [2.05, 4.69) is 0 Å². The zero-order valence-electron chi connectivity index (χ0n) is 5.13. The maximum atomic E-state index is 10.3. The summed E-state index contributed by atoms with van der Waals surface area (Å²) >= 11 is 37.7. The Labute approximate surface area is 104 Å². The summed E-state index contributed by atoms with van der Waals surface area (Å²) in [4.78, 5) is 10.3. The second-order valence-corrected chi connectivity index (χ2v) is 6.81. The fourth-order valence-corrected chi connectivity index (χ4v) is 1.37. The first-order valence-corrected chi connectivity index (χ1v) is 4.99. The molecule has 0 bridgehead atoms. The van der Waals surface area contributed by atoms with Gasteiger partial charge in [0.05, 0.1) is 0 Å². The summed E-state index contributed by atoms with van der Waals surface area (Å²) in [5, 5.41) is 0. The number of hydrogen-bond donors (Lipinski definition) is 0. The van der Waals surface area contributed by atoms with Gasteiger partial charge in [-0.05, 0) is 0 Å². The summed E-state index contributed by atoms with van der Waals surface area (Å²) in [6, 6.07) is 0. The van der Waals surface area contributed by atoms with Crippen LogP contribution in [0.5, 0.6) is 0 Å². The van der Waals surface area contributed by atoms with Gasteiger partial charge >= 0.3 is 0 Å². The van der Waals surface area contributed by atoms with Gasteiger partial charge in [-0.3, -0.25) is 4.79 Å². The Morgan fingerprint density at radius 2 is 1.17 bits per heavy atom. The van der Waals surface area contributed by atoms with E-state index in [-0.39, 0.29) is 6.29 Å². The van der Waals surface area contributed by atoms with Crippen molar-refractivity contribution in [1.82, 2.24) is 0 Å². The van der Waals surface area contributed by atoms with Crippen molar-refractivity contribution in [2.24, 2.45) is 0 Å². The normalized spacial score (nSPS) is 14.6. The fraction of sp³-hybridized carbons (Fsp3) is 0.750. The topological polar surface area (TPSA) is 17.1 Å². The van der Waals surface area contributed by atoms with Gasteiger partial charge in [0.25, 0.3) is 0 Å². The molecule has 0 radical (unpaired) electrons. The Morgan fingerprint density at radius 1 is 0.833 bits per heavy atom. The molecule has 0 amide bonds. The minimum atomic E-state index is -2.21. The van der Waals surface area contributed by atoms with Crippen molar-refractivity contribution in [1.29, 1.82) is 0 Å². The molecule has 72 valence electrons. The zero-order chi connectivity index (χ0) is 10.2. The SMILES string of the molecule is O=CC(Cl)(Cl)C(Cl)(Cl)C(Cl)(Cl)Cl. The Bertz CT molecular complexity index is 180. The molecule has 0 rings (SSSR count).